The zero-order valence-corrected chi connectivity index (χ0v) is 18.8. The Balaban J connectivity index is 1.49. The van der Waals surface area contributed by atoms with Gasteiger partial charge in [-0.1, -0.05) is 60.7 Å². The van der Waals surface area contributed by atoms with Crippen molar-refractivity contribution in [3.05, 3.63) is 95.6 Å². The molecule has 0 unspecified atom stereocenters. The van der Waals surface area contributed by atoms with Gasteiger partial charge in [0.2, 0.25) is 0 Å². The van der Waals surface area contributed by atoms with Crippen LogP contribution in [0.1, 0.15) is 35.4 Å². The second-order valence-corrected chi connectivity index (χ2v) is 9.14. The van der Waals surface area contributed by atoms with Gasteiger partial charge < -0.3 is 15.8 Å². The molecule has 0 aliphatic carbocycles. The normalized spacial score (nSPS) is 24.6. The van der Waals surface area contributed by atoms with Gasteiger partial charge >= 0.3 is 0 Å². The van der Waals surface area contributed by atoms with Crippen molar-refractivity contribution in [3.63, 3.8) is 0 Å². The number of hydrogen-bond acceptors (Lipinski definition) is 4. The molecule has 3 aliphatic rings. The Labute approximate surface area is 191 Å². The second kappa shape index (κ2) is 9.35. The highest BCUT2D eigenvalue weighted by molar-refractivity contribution is 5.48. The zero-order chi connectivity index (χ0) is 21.9. The number of hydrogen-bond donors (Lipinski definition) is 2. The van der Waals surface area contributed by atoms with Crippen LogP contribution in [0, 0.1) is 5.92 Å². The number of methoxy groups -OCH3 is 1. The lowest BCUT2D eigenvalue weighted by Crippen LogP contribution is -2.64. The summed E-state index contributed by atoms with van der Waals surface area (Å²) in [5.41, 5.74) is 10.8. The fourth-order valence-electron chi connectivity index (χ4n) is 5.86. The van der Waals surface area contributed by atoms with Gasteiger partial charge in [0.05, 0.1) is 7.11 Å². The van der Waals surface area contributed by atoms with Crippen molar-refractivity contribution in [1.82, 2.24) is 10.2 Å². The third-order valence-electron chi connectivity index (χ3n) is 7.36. The highest BCUT2D eigenvalue weighted by atomic mass is 16.5. The first-order valence-electron chi connectivity index (χ1n) is 11.7. The fourth-order valence-corrected chi connectivity index (χ4v) is 5.86. The monoisotopic (exact) mass is 427 g/mol. The topological polar surface area (TPSA) is 50.5 Å². The van der Waals surface area contributed by atoms with Gasteiger partial charge in [0.1, 0.15) is 5.75 Å². The maximum absolute atomic E-state index is 6.09. The molecular formula is C28H33N3O. The first kappa shape index (κ1) is 21.0. The molecule has 0 spiro atoms. The highest BCUT2D eigenvalue weighted by Gasteiger charge is 2.46. The smallest absolute Gasteiger partial charge is 0.123 e. The minimum absolute atomic E-state index is 0.334. The van der Waals surface area contributed by atoms with Crippen LogP contribution in [-0.4, -0.2) is 37.2 Å². The van der Waals surface area contributed by atoms with Crippen molar-refractivity contribution in [2.45, 2.75) is 37.4 Å². The van der Waals surface area contributed by atoms with Gasteiger partial charge in [-0.3, -0.25) is 4.90 Å². The summed E-state index contributed by atoms with van der Waals surface area (Å²) in [6.45, 7) is 3.13. The molecule has 0 saturated carbocycles. The molecule has 3 aromatic rings. The van der Waals surface area contributed by atoms with Crippen molar-refractivity contribution in [3.8, 4) is 5.75 Å². The molecule has 3 N–H and O–H groups in total. The minimum atomic E-state index is 0.334. The molecule has 4 nitrogen and oxygen atoms in total. The maximum atomic E-state index is 6.09. The molecule has 0 radical (unpaired) electrons. The van der Waals surface area contributed by atoms with Crippen LogP contribution in [0.15, 0.2) is 78.9 Å². The number of benzene rings is 3. The number of nitrogens with zero attached hydrogens (tertiary/aromatic N) is 1. The van der Waals surface area contributed by atoms with E-state index in [1.54, 1.807) is 7.11 Å². The van der Waals surface area contributed by atoms with Gasteiger partial charge in [-0.05, 0) is 61.2 Å². The lowest BCUT2D eigenvalue weighted by molar-refractivity contribution is 0.00462. The van der Waals surface area contributed by atoms with Crippen LogP contribution in [0.3, 0.4) is 0 Å². The van der Waals surface area contributed by atoms with E-state index in [1.165, 1.54) is 37.1 Å². The number of ether oxygens (including phenoxy) is 1. The summed E-state index contributed by atoms with van der Waals surface area (Å²) in [5, 5.41) is 3.96. The molecule has 2 bridgehead atoms. The summed E-state index contributed by atoms with van der Waals surface area (Å²) in [5.74, 6) is 1.92. The van der Waals surface area contributed by atoms with Crippen molar-refractivity contribution >= 4 is 5.69 Å². The molecule has 2 atom stereocenters. The average molecular weight is 428 g/mol. The van der Waals surface area contributed by atoms with Crippen molar-refractivity contribution < 1.29 is 4.74 Å². The molecule has 32 heavy (non-hydrogen) atoms. The Kier molecular flexibility index (Phi) is 6.15. The second-order valence-electron chi connectivity index (χ2n) is 9.14. The predicted octanol–water partition coefficient (Wildman–Crippen LogP) is 4.66. The van der Waals surface area contributed by atoms with E-state index in [0.717, 1.165) is 23.5 Å². The molecule has 3 fully saturated rings. The standard InChI is InChI=1S/C28H33N3O/c1-32-25-13-12-24(29)18-23(25)19-30-27-22-14-16-31(17-15-22)28(27)26(20-8-4-2-5-9-20)21-10-6-3-7-11-21/h2-13,18,22,26-28,30H,14-17,19,29H2,1H3/t27-,28-/m0/s1. The maximum Gasteiger partial charge on any atom is 0.123 e. The SMILES string of the molecule is COc1ccc(N)cc1CN[C@H]1C2CCN(CC2)[C@H]1C(c1ccccc1)c1ccccc1. The number of nitrogen functional groups attached to an aromatic ring is 1. The average Bonchev–Trinajstić information content (AvgIpc) is 2.85. The highest BCUT2D eigenvalue weighted by Crippen LogP contribution is 2.42. The number of fused-ring (bicyclic) bond motifs is 3. The molecule has 166 valence electrons. The van der Waals surface area contributed by atoms with E-state index >= 15 is 0 Å². The van der Waals surface area contributed by atoms with Crippen molar-refractivity contribution in [2.24, 2.45) is 5.92 Å². The molecule has 3 heterocycles. The van der Waals surface area contributed by atoms with E-state index < -0.39 is 0 Å². The van der Waals surface area contributed by atoms with Gasteiger partial charge in [-0.25, -0.2) is 0 Å². The summed E-state index contributed by atoms with van der Waals surface area (Å²) in [6.07, 6.45) is 2.52. The molecule has 0 amide bonds. The lowest BCUT2D eigenvalue weighted by Gasteiger charge is -2.54. The quantitative estimate of drug-likeness (QED) is 0.539. The van der Waals surface area contributed by atoms with E-state index in [2.05, 4.69) is 70.9 Å². The van der Waals surface area contributed by atoms with Crippen molar-refractivity contribution in [2.75, 3.05) is 25.9 Å². The van der Waals surface area contributed by atoms with E-state index in [0.29, 0.717) is 23.9 Å². The number of rotatable bonds is 7. The predicted molar refractivity (Wildman–Crippen MR) is 131 cm³/mol. The summed E-state index contributed by atoms with van der Waals surface area (Å²) in [7, 11) is 1.73. The molecular weight excluding hydrogens is 394 g/mol. The molecule has 4 heteroatoms. The van der Waals surface area contributed by atoms with Gasteiger partial charge in [0.15, 0.2) is 0 Å². The molecule has 3 saturated heterocycles. The summed E-state index contributed by atoms with van der Waals surface area (Å²) < 4.78 is 5.61. The third-order valence-corrected chi connectivity index (χ3v) is 7.36. The lowest BCUT2D eigenvalue weighted by atomic mass is 9.70. The van der Waals surface area contributed by atoms with Crippen LogP contribution < -0.4 is 15.8 Å². The molecule has 0 aromatic heterocycles. The summed E-state index contributed by atoms with van der Waals surface area (Å²) in [6, 6.07) is 28.8. The van der Waals surface area contributed by atoms with Gasteiger partial charge in [-0.2, -0.15) is 0 Å². The first-order chi connectivity index (χ1) is 15.7. The largest absolute Gasteiger partial charge is 0.496 e. The Bertz CT molecular complexity index is 976. The minimum Gasteiger partial charge on any atom is -0.496 e. The van der Waals surface area contributed by atoms with E-state index in [-0.39, 0.29) is 0 Å². The number of nitrogens with two attached hydrogens (primary N) is 1. The van der Waals surface area contributed by atoms with Crippen LogP contribution in [0.5, 0.6) is 5.75 Å². The van der Waals surface area contributed by atoms with Gasteiger partial charge in [-0.15, -0.1) is 0 Å². The van der Waals surface area contributed by atoms with Crippen LogP contribution in [0.4, 0.5) is 5.69 Å². The van der Waals surface area contributed by atoms with Crippen LogP contribution >= 0.6 is 0 Å². The van der Waals surface area contributed by atoms with Crippen molar-refractivity contribution in [1.29, 1.82) is 0 Å². The van der Waals surface area contributed by atoms with Gasteiger partial charge in [0.25, 0.3) is 0 Å². The van der Waals surface area contributed by atoms with E-state index in [1.807, 2.05) is 18.2 Å². The number of nitrogens with one attached hydrogen (secondary N) is 1. The Morgan fingerprint density at radius 1 is 0.938 bits per heavy atom. The third kappa shape index (κ3) is 4.13. The van der Waals surface area contributed by atoms with Crippen LogP contribution in [0.2, 0.25) is 0 Å². The molecule has 3 aliphatic heterocycles. The fraction of sp³-hybridized carbons (Fsp3) is 0.357. The van der Waals surface area contributed by atoms with Gasteiger partial charge in [0, 0.05) is 35.8 Å². The first-order valence-corrected chi connectivity index (χ1v) is 11.7. The number of piperidine rings is 3. The van der Waals surface area contributed by atoms with E-state index in [4.69, 9.17) is 10.5 Å². The Morgan fingerprint density at radius 3 is 2.16 bits per heavy atom. The van der Waals surface area contributed by atoms with Crippen LogP contribution in [0.25, 0.3) is 0 Å². The summed E-state index contributed by atoms with van der Waals surface area (Å²) >= 11 is 0. The molecule has 3 aromatic carbocycles. The zero-order valence-electron chi connectivity index (χ0n) is 18.8. The Morgan fingerprint density at radius 2 is 1.56 bits per heavy atom. The van der Waals surface area contributed by atoms with Crippen LogP contribution in [-0.2, 0) is 6.54 Å². The summed E-state index contributed by atoms with van der Waals surface area (Å²) in [4.78, 5) is 2.72. The Hall–Kier alpha value is -2.82. The molecule has 6 rings (SSSR count). The number of anilines is 1. The van der Waals surface area contributed by atoms with E-state index in [9.17, 15) is 0 Å².